The summed E-state index contributed by atoms with van der Waals surface area (Å²) in [5.41, 5.74) is 3.27. The largest absolute Gasteiger partial charge is 0.463 e. The molecule has 26 heavy (non-hydrogen) atoms. The summed E-state index contributed by atoms with van der Waals surface area (Å²) < 4.78 is 12.5. The van der Waals surface area contributed by atoms with Crippen molar-refractivity contribution in [2.75, 3.05) is 13.2 Å². The Morgan fingerprint density at radius 3 is 2.77 bits per heavy atom. The maximum absolute atomic E-state index is 11.4. The Bertz CT molecular complexity index is 775. The van der Waals surface area contributed by atoms with E-state index in [1.807, 2.05) is 17.0 Å². The van der Waals surface area contributed by atoms with E-state index in [0.717, 1.165) is 34.7 Å². The van der Waals surface area contributed by atoms with Gasteiger partial charge in [-0.3, -0.25) is 0 Å². The molecule has 0 unspecified atom stereocenters. The third kappa shape index (κ3) is 6.42. The van der Waals surface area contributed by atoms with Gasteiger partial charge in [0.25, 0.3) is 0 Å². The Hall–Kier alpha value is -1.92. The number of nitrogens with zero attached hydrogens (tertiary/aromatic N) is 2. The number of carbonyl (C=O) groups is 1. The van der Waals surface area contributed by atoms with Crippen LogP contribution in [0.15, 0.2) is 30.5 Å². The van der Waals surface area contributed by atoms with Crippen LogP contribution in [0.2, 0.25) is 25.7 Å². The molecule has 0 saturated carbocycles. The molecule has 0 aliphatic carbocycles. The number of rotatable bonds is 9. The predicted octanol–water partition coefficient (Wildman–Crippen LogP) is 4.32. The van der Waals surface area contributed by atoms with Crippen LogP contribution in [-0.2, 0) is 27.4 Å². The lowest BCUT2D eigenvalue weighted by Crippen LogP contribution is -2.22. The number of esters is 1. The van der Waals surface area contributed by atoms with Gasteiger partial charge < -0.3 is 9.47 Å². The first-order chi connectivity index (χ1) is 12.3. The summed E-state index contributed by atoms with van der Waals surface area (Å²) in [5, 5.41) is 5.73. The lowest BCUT2D eigenvalue weighted by atomic mass is 10.1. The predicted molar refractivity (Wildman–Crippen MR) is 108 cm³/mol. The molecular weight excluding hydrogens is 344 g/mol. The van der Waals surface area contributed by atoms with Gasteiger partial charge in [0.2, 0.25) is 0 Å². The van der Waals surface area contributed by atoms with Crippen LogP contribution in [0.5, 0.6) is 0 Å². The lowest BCUT2D eigenvalue weighted by Gasteiger charge is -2.15. The van der Waals surface area contributed by atoms with Crippen LogP contribution in [0, 0.1) is 6.92 Å². The molecule has 0 aliphatic heterocycles. The smallest absolute Gasteiger partial charge is 0.330 e. The molecule has 0 bridgehead atoms. The molecule has 1 aromatic heterocycles. The lowest BCUT2D eigenvalue weighted by molar-refractivity contribution is -0.137. The Balaban J connectivity index is 2.00. The zero-order valence-electron chi connectivity index (χ0n) is 16.5. The van der Waals surface area contributed by atoms with Crippen LogP contribution >= 0.6 is 0 Å². The average Bonchev–Trinajstić information content (AvgIpc) is 2.94. The Labute approximate surface area is 157 Å². The van der Waals surface area contributed by atoms with Gasteiger partial charge in [0.1, 0.15) is 6.73 Å². The Kier molecular flexibility index (Phi) is 7.17. The number of aromatic nitrogens is 2. The maximum Gasteiger partial charge on any atom is 0.330 e. The fourth-order valence-corrected chi connectivity index (χ4v) is 3.40. The van der Waals surface area contributed by atoms with E-state index in [4.69, 9.17) is 9.47 Å². The highest BCUT2D eigenvalue weighted by Gasteiger charge is 2.12. The second-order valence-corrected chi connectivity index (χ2v) is 13.3. The van der Waals surface area contributed by atoms with Crippen molar-refractivity contribution in [3.63, 3.8) is 0 Å². The van der Waals surface area contributed by atoms with Crippen LogP contribution in [-0.4, -0.2) is 37.0 Å². The standard InChI is InChI=1S/C20H30N2O3Si/c1-6-25-19(23)9-7-8-17-12-16(2)20-18(13-17)14-22(21-20)15-24-10-11-26(3,4)5/h7,9,12-14H,6,8,10-11,15H2,1-5H3/b9-7+. The highest BCUT2D eigenvalue weighted by atomic mass is 28.3. The van der Waals surface area contributed by atoms with Gasteiger partial charge in [0.05, 0.1) is 12.1 Å². The molecule has 1 aromatic carbocycles. The minimum atomic E-state index is -1.06. The molecule has 142 valence electrons. The van der Waals surface area contributed by atoms with Gasteiger partial charge in [-0.15, -0.1) is 0 Å². The van der Waals surface area contributed by atoms with E-state index >= 15 is 0 Å². The quantitative estimate of drug-likeness (QED) is 0.284. The van der Waals surface area contributed by atoms with Crippen LogP contribution in [0.4, 0.5) is 0 Å². The Morgan fingerprint density at radius 2 is 2.08 bits per heavy atom. The highest BCUT2D eigenvalue weighted by molar-refractivity contribution is 6.76. The first-order valence-corrected chi connectivity index (χ1v) is 12.9. The van der Waals surface area contributed by atoms with Gasteiger partial charge in [0.15, 0.2) is 0 Å². The number of ether oxygens (including phenoxy) is 2. The third-order valence-electron chi connectivity index (χ3n) is 4.02. The van der Waals surface area contributed by atoms with E-state index in [1.54, 1.807) is 6.92 Å². The van der Waals surface area contributed by atoms with Crippen molar-refractivity contribution < 1.29 is 14.3 Å². The molecular formula is C20H30N2O3Si. The summed E-state index contributed by atoms with van der Waals surface area (Å²) in [6, 6.07) is 5.38. The van der Waals surface area contributed by atoms with Crippen LogP contribution in [0.3, 0.4) is 0 Å². The van der Waals surface area contributed by atoms with E-state index in [9.17, 15) is 4.79 Å². The van der Waals surface area contributed by atoms with Crippen molar-refractivity contribution >= 4 is 24.9 Å². The molecule has 2 rings (SSSR count). The number of hydrogen-bond donors (Lipinski definition) is 0. The van der Waals surface area contributed by atoms with E-state index in [0.29, 0.717) is 19.8 Å². The summed E-state index contributed by atoms with van der Waals surface area (Å²) in [7, 11) is -1.06. The number of allylic oxidation sites excluding steroid dienone is 1. The minimum absolute atomic E-state index is 0.298. The first kappa shape index (κ1) is 20.4. The van der Waals surface area contributed by atoms with Gasteiger partial charge in [-0.1, -0.05) is 31.8 Å². The molecule has 6 heteroatoms. The van der Waals surface area contributed by atoms with Crippen LogP contribution in [0.1, 0.15) is 18.1 Å². The van der Waals surface area contributed by atoms with Gasteiger partial charge in [0, 0.05) is 32.3 Å². The van der Waals surface area contributed by atoms with E-state index < -0.39 is 8.07 Å². The normalized spacial score (nSPS) is 12.2. The van der Waals surface area contributed by atoms with E-state index in [-0.39, 0.29) is 5.97 Å². The second kappa shape index (κ2) is 9.14. The maximum atomic E-state index is 11.4. The number of hydrogen-bond acceptors (Lipinski definition) is 4. The van der Waals surface area contributed by atoms with Crippen LogP contribution in [0.25, 0.3) is 10.9 Å². The monoisotopic (exact) mass is 374 g/mol. The number of carbonyl (C=O) groups excluding carboxylic acids is 1. The Morgan fingerprint density at radius 1 is 1.31 bits per heavy atom. The second-order valence-electron chi connectivity index (χ2n) is 7.73. The molecule has 0 radical (unpaired) electrons. The number of benzene rings is 1. The number of aryl methyl sites for hydroxylation is 1. The topological polar surface area (TPSA) is 53.3 Å². The van der Waals surface area contributed by atoms with Crippen molar-refractivity contribution in [2.24, 2.45) is 0 Å². The SMILES string of the molecule is CCOC(=O)/C=C/Cc1cc(C)c2nn(COCC[Si](C)(C)C)cc2c1. The van der Waals surface area contributed by atoms with E-state index in [2.05, 4.69) is 43.8 Å². The first-order valence-electron chi connectivity index (χ1n) is 9.16. The molecule has 2 aromatic rings. The van der Waals surface area contributed by atoms with Gasteiger partial charge >= 0.3 is 5.97 Å². The van der Waals surface area contributed by atoms with Crippen LogP contribution < -0.4 is 0 Å². The summed E-state index contributed by atoms with van der Waals surface area (Å²) >= 11 is 0. The molecule has 0 saturated heterocycles. The summed E-state index contributed by atoms with van der Waals surface area (Å²) in [5.74, 6) is -0.298. The summed E-state index contributed by atoms with van der Waals surface area (Å²) in [4.78, 5) is 11.4. The molecule has 0 atom stereocenters. The zero-order chi connectivity index (χ0) is 19.2. The molecule has 1 heterocycles. The van der Waals surface area contributed by atoms with Gasteiger partial charge in [-0.25, -0.2) is 9.48 Å². The number of fused-ring (bicyclic) bond motifs is 1. The third-order valence-corrected chi connectivity index (χ3v) is 5.72. The minimum Gasteiger partial charge on any atom is -0.463 e. The molecule has 0 N–H and O–H groups in total. The van der Waals surface area contributed by atoms with Gasteiger partial charge in [-0.2, -0.15) is 5.10 Å². The summed E-state index contributed by atoms with van der Waals surface area (Å²) in [6.45, 7) is 12.6. The van der Waals surface area contributed by atoms with Crippen molar-refractivity contribution in [2.45, 2.75) is 52.7 Å². The fourth-order valence-electron chi connectivity index (χ4n) is 2.64. The molecule has 0 spiro atoms. The summed E-state index contributed by atoms with van der Waals surface area (Å²) in [6.07, 6.45) is 6.03. The van der Waals surface area contributed by atoms with Crippen molar-refractivity contribution in [1.29, 1.82) is 0 Å². The average molecular weight is 375 g/mol. The van der Waals surface area contributed by atoms with Crippen molar-refractivity contribution in [3.8, 4) is 0 Å². The van der Waals surface area contributed by atoms with Crippen molar-refractivity contribution in [1.82, 2.24) is 9.78 Å². The van der Waals surface area contributed by atoms with Gasteiger partial charge in [-0.05, 0) is 43.5 Å². The van der Waals surface area contributed by atoms with E-state index in [1.165, 1.54) is 6.08 Å². The zero-order valence-corrected chi connectivity index (χ0v) is 17.5. The van der Waals surface area contributed by atoms with Crippen molar-refractivity contribution in [3.05, 3.63) is 41.6 Å². The highest BCUT2D eigenvalue weighted by Crippen LogP contribution is 2.20. The molecule has 0 fully saturated rings. The molecule has 0 aliphatic rings. The molecule has 5 nitrogen and oxygen atoms in total. The molecule has 0 amide bonds. The fraction of sp³-hybridized carbons (Fsp3) is 0.500.